The van der Waals surface area contributed by atoms with Gasteiger partial charge in [-0.15, -0.1) is 0 Å². The van der Waals surface area contributed by atoms with Crippen LogP contribution < -0.4 is 0 Å². The Bertz CT molecular complexity index is 1070. The minimum atomic E-state index is -0.782. The van der Waals surface area contributed by atoms with Gasteiger partial charge in [-0.1, -0.05) is 19.1 Å². The van der Waals surface area contributed by atoms with Gasteiger partial charge >= 0.3 is 5.97 Å². The van der Waals surface area contributed by atoms with Crippen LogP contribution >= 0.6 is 0 Å². The predicted octanol–water partition coefficient (Wildman–Crippen LogP) is 4.19. The van der Waals surface area contributed by atoms with Gasteiger partial charge in [0.05, 0.1) is 12.0 Å². The zero-order valence-electron chi connectivity index (χ0n) is 18.5. The minimum absolute atomic E-state index is 0.0186. The summed E-state index contributed by atoms with van der Waals surface area (Å²) in [6.45, 7) is 10.3. The number of furan rings is 1. The monoisotopic (exact) mass is 424 g/mol. The number of methoxy groups -OCH3 is 1. The van der Waals surface area contributed by atoms with E-state index in [1.807, 2.05) is 6.92 Å². The Hall–Kier alpha value is -2.47. The first kappa shape index (κ1) is 20.4. The third kappa shape index (κ3) is 2.45. The first-order valence-electron chi connectivity index (χ1n) is 10.9. The van der Waals surface area contributed by atoms with Crippen molar-refractivity contribution in [1.29, 1.82) is 0 Å². The van der Waals surface area contributed by atoms with Crippen molar-refractivity contribution in [2.24, 2.45) is 17.3 Å². The summed E-state index contributed by atoms with van der Waals surface area (Å²) < 4.78 is 17.0. The van der Waals surface area contributed by atoms with E-state index < -0.39 is 17.5 Å². The van der Waals surface area contributed by atoms with Crippen LogP contribution in [0, 0.1) is 17.3 Å². The molecule has 1 fully saturated rings. The Morgan fingerprint density at radius 2 is 2.06 bits per heavy atom. The van der Waals surface area contributed by atoms with Gasteiger partial charge in [-0.2, -0.15) is 0 Å². The molecule has 0 bridgehead atoms. The van der Waals surface area contributed by atoms with Gasteiger partial charge in [0.15, 0.2) is 5.76 Å². The van der Waals surface area contributed by atoms with Gasteiger partial charge in [-0.25, -0.2) is 4.79 Å². The Balaban J connectivity index is 1.82. The van der Waals surface area contributed by atoms with E-state index in [1.165, 1.54) is 6.26 Å². The van der Waals surface area contributed by atoms with Crippen LogP contribution in [0.4, 0.5) is 0 Å². The molecule has 0 unspecified atom stereocenters. The Morgan fingerprint density at radius 3 is 2.74 bits per heavy atom. The average Bonchev–Trinajstić information content (AvgIpc) is 3.27. The number of ether oxygens (including phenoxy) is 2. The summed E-state index contributed by atoms with van der Waals surface area (Å²) in [4.78, 5) is 38.8. The van der Waals surface area contributed by atoms with Crippen molar-refractivity contribution < 1.29 is 28.3 Å². The maximum absolute atomic E-state index is 13.8. The zero-order valence-corrected chi connectivity index (χ0v) is 18.5. The highest BCUT2D eigenvalue weighted by molar-refractivity contribution is 6.13. The molecular formula is C25H28O6. The van der Waals surface area contributed by atoms with E-state index in [0.717, 1.165) is 36.0 Å². The largest absolute Gasteiger partial charge is 0.460 e. The van der Waals surface area contributed by atoms with Gasteiger partial charge < -0.3 is 18.7 Å². The van der Waals surface area contributed by atoms with Crippen molar-refractivity contribution in [1.82, 2.24) is 0 Å². The molecule has 31 heavy (non-hydrogen) atoms. The fraction of sp³-hybridized carbons (Fsp3) is 0.560. The van der Waals surface area contributed by atoms with Crippen LogP contribution in [0.1, 0.15) is 72.9 Å². The topological polar surface area (TPSA) is 82.8 Å². The van der Waals surface area contributed by atoms with Crippen LogP contribution in [-0.4, -0.2) is 37.4 Å². The van der Waals surface area contributed by atoms with Crippen molar-refractivity contribution in [2.45, 2.75) is 58.0 Å². The van der Waals surface area contributed by atoms with Crippen molar-refractivity contribution in [3.8, 4) is 0 Å². The number of cyclic esters (lactones) is 1. The van der Waals surface area contributed by atoms with E-state index in [2.05, 4.69) is 13.5 Å². The van der Waals surface area contributed by atoms with E-state index in [4.69, 9.17) is 13.9 Å². The Morgan fingerprint density at radius 1 is 1.32 bits per heavy atom. The molecule has 0 N–H and O–H groups in total. The number of ketones is 2. The molecule has 4 aliphatic rings. The molecule has 6 heteroatoms. The standard InChI is InChI=1S/C25H28O6/c1-12-6-7-16-18-19(14(8-13(2)26)9-24(12,16)3)25(4)17(11-29-5)31-23(28)15-10-30-22(20(15)25)21(18)27/h10,14,16-17H,1,6-9,11H2,2-5H3/t14-,16+,17-,24-,25-/m1/s1. The number of rotatable bonds is 4. The van der Waals surface area contributed by atoms with Gasteiger partial charge in [0.2, 0.25) is 5.78 Å². The summed E-state index contributed by atoms with van der Waals surface area (Å²) in [5, 5.41) is 0. The number of hydrogen-bond acceptors (Lipinski definition) is 6. The molecule has 0 amide bonds. The van der Waals surface area contributed by atoms with Crippen LogP contribution in [0.15, 0.2) is 34.0 Å². The van der Waals surface area contributed by atoms with Crippen LogP contribution in [0.5, 0.6) is 0 Å². The van der Waals surface area contributed by atoms with Gasteiger partial charge in [0.25, 0.3) is 0 Å². The number of allylic oxidation sites excluding steroid dienone is 2. The Labute approximate surface area is 181 Å². The lowest BCUT2D eigenvalue weighted by molar-refractivity contribution is -0.118. The van der Waals surface area contributed by atoms with Gasteiger partial charge in [-0.05, 0) is 55.9 Å². The summed E-state index contributed by atoms with van der Waals surface area (Å²) in [6, 6.07) is 0. The zero-order chi connectivity index (χ0) is 22.3. The molecule has 0 saturated heterocycles. The average molecular weight is 424 g/mol. The van der Waals surface area contributed by atoms with Gasteiger partial charge in [0.1, 0.15) is 23.7 Å². The van der Waals surface area contributed by atoms with Crippen molar-refractivity contribution in [3.63, 3.8) is 0 Å². The van der Waals surface area contributed by atoms with E-state index >= 15 is 0 Å². The van der Waals surface area contributed by atoms with Crippen LogP contribution in [-0.2, 0) is 19.7 Å². The van der Waals surface area contributed by atoms with Crippen molar-refractivity contribution in [2.75, 3.05) is 13.7 Å². The lowest BCUT2D eigenvalue weighted by Crippen LogP contribution is -2.55. The highest BCUT2D eigenvalue weighted by Crippen LogP contribution is 2.64. The number of esters is 1. The molecule has 5 rings (SSSR count). The second-order valence-corrected chi connectivity index (χ2v) is 9.98. The third-order valence-electron chi connectivity index (χ3n) is 8.31. The molecule has 1 aliphatic heterocycles. The summed E-state index contributed by atoms with van der Waals surface area (Å²) in [5.74, 6) is -0.460. The van der Waals surface area contributed by atoms with E-state index in [0.29, 0.717) is 17.5 Å². The lowest BCUT2D eigenvalue weighted by atomic mass is 9.51. The molecule has 3 aliphatic carbocycles. The van der Waals surface area contributed by atoms with Gasteiger partial charge in [0, 0.05) is 24.7 Å². The predicted molar refractivity (Wildman–Crippen MR) is 112 cm³/mol. The maximum atomic E-state index is 13.8. The van der Waals surface area contributed by atoms with Crippen molar-refractivity contribution >= 4 is 17.5 Å². The highest BCUT2D eigenvalue weighted by Gasteiger charge is 2.62. The van der Waals surface area contributed by atoms with E-state index in [-0.39, 0.29) is 41.2 Å². The number of fused-ring (bicyclic) bond motifs is 3. The molecule has 2 heterocycles. The normalized spacial score (nSPS) is 36.1. The SMILES string of the molecule is C=C1CC[C@H]2C3=C([C@H](CC(C)=O)C[C@]12C)[C@]1(C)c2c(coc2C3=O)C(=O)O[C@@H]1COC. The fourth-order valence-electron chi connectivity index (χ4n) is 6.89. The smallest absolute Gasteiger partial charge is 0.342 e. The molecule has 1 saturated carbocycles. The Kier molecular flexibility index (Phi) is 4.30. The van der Waals surface area contributed by atoms with Crippen molar-refractivity contribution in [3.05, 3.63) is 46.4 Å². The summed E-state index contributed by atoms with van der Waals surface area (Å²) in [5.41, 5.74) is 2.71. The lowest BCUT2D eigenvalue weighted by Gasteiger charge is -2.53. The summed E-state index contributed by atoms with van der Waals surface area (Å²) in [6.07, 6.45) is 3.55. The maximum Gasteiger partial charge on any atom is 0.342 e. The molecule has 6 nitrogen and oxygen atoms in total. The summed E-state index contributed by atoms with van der Waals surface area (Å²) in [7, 11) is 1.57. The van der Waals surface area contributed by atoms with Crippen LogP contribution in [0.25, 0.3) is 0 Å². The molecule has 164 valence electrons. The van der Waals surface area contributed by atoms with E-state index in [1.54, 1.807) is 14.0 Å². The molecule has 5 atom stereocenters. The second-order valence-electron chi connectivity index (χ2n) is 9.98. The molecule has 0 spiro atoms. The fourth-order valence-corrected chi connectivity index (χ4v) is 6.89. The number of Topliss-reactive ketones (excluding diaryl/α,β-unsaturated/α-hetero) is 2. The molecule has 1 aromatic rings. The molecule has 0 aromatic carbocycles. The highest BCUT2D eigenvalue weighted by atomic mass is 16.6. The third-order valence-corrected chi connectivity index (χ3v) is 8.31. The molecular weight excluding hydrogens is 396 g/mol. The van der Waals surface area contributed by atoms with Gasteiger partial charge in [-0.3, -0.25) is 4.79 Å². The number of carbonyl (C=O) groups excluding carboxylic acids is 3. The summed E-state index contributed by atoms with van der Waals surface area (Å²) >= 11 is 0. The van der Waals surface area contributed by atoms with Crippen LogP contribution in [0.2, 0.25) is 0 Å². The first-order valence-corrected chi connectivity index (χ1v) is 10.9. The molecule has 1 aromatic heterocycles. The molecule has 0 radical (unpaired) electrons. The first-order chi connectivity index (χ1) is 14.6. The number of hydrogen-bond donors (Lipinski definition) is 0. The number of carbonyl (C=O) groups is 3. The quantitative estimate of drug-likeness (QED) is 0.532. The second kappa shape index (κ2) is 6.52. The minimum Gasteiger partial charge on any atom is -0.460 e. The van der Waals surface area contributed by atoms with E-state index in [9.17, 15) is 14.4 Å². The van der Waals surface area contributed by atoms with Crippen LogP contribution in [0.3, 0.4) is 0 Å².